The summed E-state index contributed by atoms with van der Waals surface area (Å²) in [5.74, 6) is -0.371. The highest BCUT2D eigenvalue weighted by molar-refractivity contribution is 5.89. The van der Waals surface area contributed by atoms with Crippen LogP contribution >= 0.6 is 0 Å². The lowest BCUT2D eigenvalue weighted by Crippen LogP contribution is -2.06. The van der Waals surface area contributed by atoms with E-state index in [4.69, 9.17) is 4.74 Å². The zero-order valence-corrected chi connectivity index (χ0v) is 10.7. The molecule has 2 rings (SSSR count). The molecular weight excluding hydrogens is 240 g/mol. The first-order valence-corrected chi connectivity index (χ1v) is 6.22. The monoisotopic (exact) mass is 256 g/mol. The van der Waals surface area contributed by atoms with Gasteiger partial charge in [0.15, 0.2) is 0 Å². The van der Waals surface area contributed by atoms with Gasteiger partial charge in [-0.15, -0.1) is 0 Å². The van der Waals surface area contributed by atoms with Gasteiger partial charge in [0.25, 0.3) is 0 Å². The number of ether oxygens (including phenoxy) is 1. The molecule has 0 aliphatic heterocycles. The van der Waals surface area contributed by atoms with Crippen molar-refractivity contribution in [2.45, 2.75) is 13.0 Å². The fourth-order valence-corrected chi connectivity index (χ4v) is 1.88. The Balaban J connectivity index is 2.26. The molecule has 0 aliphatic carbocycles. The van der Waals surface area contributed by atoms with Crippen LogP contribution in [-0.2, 0) is 4.74 Å². The van der Waals surface area contributed by atoms with Gasteiger partial charge in [0.2, 0.25) is 0 Å². The predicted molar refractivity (Wildman–Crippen MR) is 72.9 cm³/mol. The second-order valence-electron chi connectivity index (χ2n) is 4.16. The predicted octanol–water partition coefficient (Wildman–Crippen LogP) is 2.95. The molecule has 0 amide bonds. The zero-order chi connectivity index (χ0) is 13.7. The molecule has 0 saturated carbocycles. The first-order valence-electron chi connectivity index (χ1n) is 6.22. The molecule has 1 N–H and O–H groups in total. The van der Waals surface area contributed by atoms with Crippen LogP contribution in [-0.4, -0.2) is 17.7 Å². The second-order valence-corrected chi connectivity index (χ2v) is 4.16. The van der Waals surface area contributed by atoms with E-state index in [1.165, 1.54) is 0 Å². The van der Waals surface area contributed by atoms with Gasteiger partial charge in [0, 0.05) is 0 Å². The van der Waals surface area contributed by atoms with E-state index in [0.717, 1.165) is 5.56 Å². The average Bonchev–Trinajstić information content (AvgIpc) is 2.48. The van der Waals surface area contributed by atoms with Crippen LogP contribution < -0.4 is 0 Å². The van der Waals surface area contributed by atoms with Crippen molar-refractivity contribution in [1.29, 1.82) is 0 Å². The number of aliphatic hydroxyl groups is 1. The number of hydrogen-bond acceptors (Lipinski definition) is 3. The lowest BCUT2D eigenvalue weighted by atomic mass is 10.00. The number of hydrogen-bond donors (Lipinski definition) is 1. The molecule has 0 aromatic heterocycles. The molecular formula is C16H16O3. The van der Waals surface area contributed by atoms with Gasteiger partial charge in [-0.2, -0.15) is 0 Å². The summed E-state index contributed by atoms with van der Waals surface area (Å²) < 4.78 is 4.95. The van der Waals surface area contributed by atoms with Crippen molar-refractivity contribution in [3.63, 3.8) is 0 Å². The number of carbonyl (C=O) groups excluding carboxylic acids is 1. The van der Waals surface area contributed by atoms with Gasteiger partial charge < -0.3 is 9.84 Å². The van der Waals surface area contributed by atoms with Gasteiger partial charge in [-0.25, -0.2) is 4.79 Å². The molecule has 0 aliphatic rings. The Morgan fingerprint density at radius 1 is 1.11 bits per heavy atom. The highest BCUT2D eigenvalue weighted by atomic mass is 16.5. The Bertz CT molecular complexity index is 549. The Kier molecular flexibility index (Phi) is 4.31. The lowest BCUT2D eigenvalue weighted by Gasteiger charge is -2.12. The van der Waals surface area contributed by atoms with Crippen molar-refractivity contribution in [2.24, 2.45) is 0 Å². The standard InChI is InChI=1S/C16H16O3/c1-2-19-16(18)14-10-6-9-13(11-14)15(17)12-7-4-3-5-8-12/h3-11,15,17H,2H2,1H3. The molecule has 0 saturated heterocycles. The van der Waals surface area contributed by atoms with Crippen molar-refractivity contribution in [1.82, 2.24) is 0 Å². The minimum atomic E-state index is -0.740. The maximum absolute atomic E-state index is 11.7. The Morgan fingerprint density at radius 2 is 1.79 bits per heavy atom. The Morgan fingerprint density at radius 3 is 2.47 bits per heavy atom. The topological polar surface area (TPSA) is 46.5 Å². The van der Waals surface area contributed by atoms with E-state index in [-0.39, 0.29) is 5.97 Å². The maximum Gasteiger partial charge on any atom is 0.338 e. The van der Waals surface area contributed by atoms with Gasteiger partial charge in [0.05, 0.1) is 12.2 Å². The molecule has 0 bridgehead atoms. The van der Waals surface area contributed by atoms with Crippen LogP contribution in [0.5, 0.6) is 0 Å². The van der Waals surface area contributed by atoms with E-state index < -0.39 is 6.10 Å². The van der Waals surface area contributed by atoms with E-state index in [2.05, 4.69) is 0 Å². The highest BCUT2D eigenvalue weighted by Crippen LogP contribution is 2.22. The van der Waals surface area contributed by atoms with Gasteiger partial charge in [0.1, 0.15) is 6.10 Å². The smallest absolute Gasteiger partial charge is 0.338 e. The summed E-state index contributed by atoms with van der Waals surface area (Å²) >= 11 is 0. The van der Waals surface area contributed by atoms with E-state index in [1.54, 1.807) is 31.2 Å². The highest BCUT2D eigenvalue weighted by Gasteiger charge is 2.13. The van der Waals surface area contributed by atoms with E-state index >= 15 is 0 Å². The van der Waals surface area contributed by atoms with Crippen LogP contribution in [0.15, 0.2) is 54.6 Å². The van der Waals surface area contributed by atoms with Crippen molar-refractivity contribution < 1.29 is 14.6 Å². The first-order chi connectivity index (χ1) is 9.22. The normalized spacial score (nSPS) is 11.9. The number of carbonyl (C=O) groups is 1. The third-order valence-electron chi connectivity index (χ3n) is 2.83. The summed E-state index contributed by atoms with van der Waals surface area (Å²) in [7, 11) is 0. The Hall–Kier alpha value is -2.13. The third-order valence-corrected chi connectivity index (χ3v) is 2.83. The van der Waals surface area contributed by atoms with Crippen molar-refractivity contribution in [2.75, 3.05) is 6.61 Å². The molecule has 0 fully saturated rings. The van der Waals surface area contributed by atoms with Crippen LogP contribution in [0.2, 0.25) is 0 Å². The van der Waals surface area contributed by atoms with Gasteiger partial charge in [-0.1, -0.05) is 42.5 Å². The molecule has 3 heteroatoms. The molecule has 0 spiro atoms. The molecule has 1 atom stereocenters. The molecule has 0 heterocycles. The first kappa shape index (κ1) is 13.3. The molecule has 3 nitrogen and oxygen atoms in total. The Labute approximate surface area is 112 Å². The van der Waals surface area contributed by atoms with Crippen LogP contribution in [0, 0.1) is 0 Å². The van der Waals surface area contributed by atoms with Gasteiger partial charge >= 0.3 is 5.97 Å². The average molecular weight is 256 g/mol. The minimum Gasteiger partial charge on any atom is -0.462 e. The summed E-state index contributed by atoms with van der Waals surface area (Å²) in [6.45, 7) is 2.10. The maximum atomic E-state index is 11.7. The van der Waals surface area contributed by atoms with Crippen molar-refractivity contribution >= 4 is 5.97 Å². The molecule has 2 aromatic rings. The third kappa shape index (κ3) is 3.20. The number of aliphatic hydroxyl groups excluding tert-OH is 1. The van der Waals surface area contributed by atoms with Crippen LogP contribution in [0.3, 0.4) is 0 Å². The SMILES string of the molecule is CCOC(=O)c1cccc(C(O)c2ccccc2)c1. The summed E-state index contributed by atoms with van der Waals surface area (Å²) in [4.78, 5) is 11.7. The van der Waals surface area contributed by atoms with Crippen molar-refractivity contribution in [3.8, 4) is 0 Å². The number of rotatable bonds is 4. The molecule has 19 heavy (non-hydrogen) atoms. The summed E-state index contributed by atoms with van der Waals surface area (Å²) in [6, 6.07) is 16.2. The van der Waals surface area contributed by atoms with Crippen LogP contribution in [0.4, 0.5) is 0 Å². The summed E-state index contributed by atoms with van der Waals surface area (Å²) in [5, 5.41) is 10.3. The van der Waals surface area contributed by atoms with Crippen molar-refractivity contribution in [3.05, 3.63) is 71.3 Å². The molecule has 0 radical (unpaired) electrons. The van der Waals surface area contributed by atoms with E-state index in [0.29, 0.717) is 17.7 Å². The van der Waals surface area contributed by atoms with Gasteiger partial charge in [-0.3, -0.25) is 0 Å². The van der Waals surface area contributed by atoms with E-state index in [9.17, 15) is 9.90 Å². The molecule has 1 unspecified atom stereocenters. The number of esters is 1. The summed E-state index contributed by atoms with van der Waals surface area (Å²) in [6.07, 6.45) is -0.740. The van der Waals surface area contributed by atoms with Crippen LogP contribution in [0.25, 0.3) is 0 Å². The minimum absolute atomic E-state index is 0.338. The largest absolute Gasteiger partial charge is 0.462 e. The van der Waals surface area contributed by atoms with E-state index in [1.807, 2.05) is 30.3 Å². The molecule has 2 aromatic carbocycles. The van der Waals surface area contributed by atoms with Crippen LogP contribution in [0.1, 0.15) is 34.5 Å². The quantitative estimate of drug-likeness (QED) is 0.855. The number of benzene rings is 2. The van der Waals surface area contributed by atoms with Gasteiger partial charge in [-0.05, 0) is 30.2 Å². The fourth-order valence-electron chi connectivity index (χ4n) is 1.88. The lowest BCUT2D eigenvalue weighted by molar-refractivity contribution is 0.0526. The summed E-state index contributed by atoms with van der Waals surface area (Å²) in [5.41, 5.74) is 1.93. The molecule has 98 valence electrons. The zero-order valence-electron chi connectivity index (χ0n) is 10.7. The second kappa shape index (κ2) is 6.16. The fraction of sp³-hybridized carbons (Fsp3) is 0.188.